The molecule has 2 nitrogen and oxygen atoms in total. The van der Waals surface area contributed by atoms with Gasteiger partial charge in [0.15, 0.2) is 0 Å². The first kappa shape index (κ1) is 26.4. The monoisotopic (exact) mass is 445 g/mol. The smallest absolute Gasteiger partial charge is 0.258 e. The Labute approximate surface area is 195 Å². The predicted molar refractivity (Wildman–Crippen MR) is 140 cm³/mol. The average Bonchev–Trinajstić information content (AvgIpc) is 2.71. The van der Waals surface area contributed by atoms with E-state index in [9.17, 15) is 0 Å². The standard InChI is InChI=1S/C28H51NOSi/c1-10-11-12-13-18-29-19-17-28(9,25(8)21-29)26-15-14-16-27(20-26)30-31(22(2)3,23(4)5)24(6)7/h14-16,20,22-25H,10-13,17-19,21H2,1-9H3. The van der Waals surface area contributed by atoms with Crippen molar-refractivity contribution in [2.45, 2.75) is 116 Å². The molecule has 31 heavy (non-hydrogen) atoms. The van der Waals surface area contributed by atoms with Gasteiger partial charge < -0.3 is 9.33 Å². The molecule has 2 atom stereocenters. The van der Waals surface area contributed by atoms with Gasteiger partial charge in [0, 0.05) is 6.54 Å². The summed E-state index contributed by atoms with van der Waals surface area (Å²) in [7, 11) is -1.92. The lowest BCUT2D eigenvalue weighted by Crippen LogP contribution is -2.50. The molecule has 1 saturated heterocycles. The van der Waals surface area contributed by atoms with E-state index < -0.39 is 8.32 Å². The van der Waals surface area contributed by atoms with Gasteiger partial charge in [0.2, 0.25) is 0 Å². The second-order valence-electron chi connectivity index (χ2n) is 11.4. The Morgan fingerprint density at radius 2 is 1.68 bits per heavy atom. The fourth-order valence-electron chi connectivity index (χ4n) is 6.18. The molecule has 0 bridgehead atoms. The largest absolute Gasteiger partial charge is 0.543 e. The Bertz CT molecular complexity index is 649. The first-order chi connectivity index (χ1) is 14.6. The Hall–Kier alpha value is -0.803. The van der Waals surface area contributed by atoms with E-state index in [1.165, 1.54) is 57.3 Å². The van der Waals surface area contributed by atoms with Crippen LogP contribution >= 0.6 is 0 Å². The molecule has 3 heteroatoms. The van der Waals surface area contributed by atoms with Gasteiger partial charge in [-0.1, -0.05) is 93.7 Å². The van der Waals surface area contributed by atoms with Crippen molar-refractivity contribution in [3.05, 3.63) is 29.8 Å². The maximum Gasteiger partial charge on any atom is 0.258 e. The minimum atomic E-state index is -1.92. The lowest BCUT2D eigenvalue weighted by Gasteiger charge is -2.46. The summed E-state index contributed by atoms with van der Waals surface area (Å²) in [5.74, 6) is 1.76. The summed E-state index contributed by atoms with van der Waals surface area (Å²) in [5.41, 5.74) is 3.50. The number of unbranched alkanes of at least 4 members (excludes halogenated alkanes) is 3. The molecule has 1 aromatic carbocycles. The Morgan fingerprint density at radius 1 is 1.03 bits per heavy atom. The second-order valence-corrected chi connectivity index (χ2v) is 16.8. The molecule has 0 amide bonds. The summed E-state index contributed by atoms with van der Waals surface area (Å²) in [5, 5.41) is 0. The van der Waals surface area contributed by atoms with E-state index in [0.717, 1.165) is 5.75 Å². The van der Waals surface area contributed by atoms with Crippen LogP contribution in [-0.2, 0) is 5.41 Å². The quantitative estimate of drug-likeness (QED) is 0.250. The van der Waals surface area contributed by atoms with E-state index >= 15 is 0 Å². The lowest BCUT2D eigenvalue weighted by molar-refractivity contribution is 0.109. The third-order valence-electron chi connectivity index (χ3n) is 8.39. The van der Waals surface area contributed by atoms with Gasteiger partial charge in [-0.15, -0.1) is 0 Å². The van der Waals surface area contributed by atoms with E-state index in [2.05, 4.69) is 91.5 Å². The van der Waals surface area contributed by atoms with E-state index in [1.54, 1.807) is 0 Å². The van der Waals surface area contributed by atoms with E-state index in [4.69, 9.17) is 4.43 Å². The maximum atomic E-state index is 7.02. The second kappa shape index (κ2) is 11.4. The molecule has 0 N–H and O–H groups in total. The number of rotatable bonds is 11. The number of nitrogens with zero attached hydrogens (tertiary/aromatic N) is 1. The summed E-state index contributed by atoms with van der Waals surface area (Å²) in [6.45, 7) is 25.2. The zero-order valence-electron chi connectivity index (χ0n) is 22.1. The van der Waals surface area contributed by atoms with Gasteiger partial charge >= 0.3 is 0 Å². The van der Waals surface area contributed by atoms with Gasteiger partial charge in [-0.25, -0.2) is 0 Å². The van der Waals surface area contributed by atoms with Crippen molar-refractivity contribution in [3.8, 4) is 5.75 Å². The van der Waals surface area contributed by atoms with Gasteiger partial charge in [-0.05, 0) is 71.6 Å². The summed E-state index contributed by atoms with van der Waals surface area (Å²) in [4.78, 5) is 2.71. The van der Waals surface area contributed by atoms with Crippen molar-refractivity contribution in [2.75, 3.05) is 19.6 Å². The van der Waals surface area contributed by atoms with Gasteiger partial charge in [0.1, 0.15) is 5.75 Å². The molecule has 2 unspecified atom stereocenters. The van der Waals surface area contributed by atoms with Crippen molar-refractivity contribution < 1.29 is 4.43 Å². The first-order valence-corrected chi connectivity index (χ1v) is 15.2. The summed E-state index contributed by atoms with van der Waals surface area (Å²) < 4.78 is 7.02. The predicted octanol–water partition coefficient (Wildman–Crippen LogP) is 8.42. The molecule has 0 radical (unpaired) electrons. The summed E-state index contributed by atoms with van der Waals surface area (Å²) in [6.07, 6.45) is 6.67. The van der Waals surface area contributed by atoms with E-state index in [1.807, 2.05) is 0 Å². The number of likely N-dealkylation sites (tertiary alicyclic amines) is 1. The van der Waals surface area contributed by atoms with Crippen LogP contribution in [0.4, 0.5) is 0 Å². The maximum absolute atomic E-state index is 7.02. The number of benzene rings is 1. The molecule has 1 aliphatic heterocycles. The van der Waals surface area contributed by atoms with Crippen LogP contribution in [0.2, 0.25) is 16.6 Å². The van der Waals surface area contributed by atoms with E-state index in [-0.39, 0.29) is 5.41 Å². The highest BCUT2D eigenvalue weighted by Gasteiger charge is 2.47. The zero-order chi connectivity index (χ0) is 23.2. The van der Waals surface area contributed by atoms with Crippen LogP contribution in [0.3, 0.4) is 0 Å². The lowest BCUT2D eigenvalue weighted by atomic mass is 9.68. The molecule has 178 valence electrons. The van der Waals surface area contributed by atoms with Crippen LogP contribution in [0.25, 0.3) is 0 Å². The van der Waals surface area contributed by atoms with Crippen molar-refractivity contribution in [1.82, 2.24) is 4.90 Å². The van der Waals surface area contributed by atoms with Crippen LogP contribution < -0.4 is 4.43 Å². The van der Waals surface area contributed by atoms with Crippen molar-refractivity contribution in [3.63, 3.8) is 0 Å². The molecule has 0 aromatic heterocycles. The molecule has 1 fully saturated rings. The summed E-state index contributed by atoms with van der Waals surface area (Å²) in [6, 6.07) is 9.18. The molecule has 1 aromatic rings. The number of hydrogen-bond acceptors (Lipinski definition) is 2. The van der Waals surface area contributed by atoms with E-state index in [0.29, 0.717) is 22.5 Å². The first-order valence-electron chi connectivity index (χ1n) is 13.1. The topological polar surface area (TPSA) is 12.5 Å². The average molecular weight is 446 g/mol. The minimum absolute atomic E-state index is 0.233. The van der Waals surface area contributed by atoms with Crippen LogP contribution in [0.5, 0.6) is 5.75 Å². The molecular formula is C28H51NOSi. The van der Waals surface area contributed by atoms with Crippen LogP contribution in [0, 0.1) is 5.92 Å². The number of piperidine rings is 1. The normalized spacial score (nSPS) is 23.2. The Kier molecular flexibility index (Phi) is 9.70. The molecule has 1 heterocycles. The van der Waals surface area contributed by atoms with Gasteiger partial charge in [0.25, 0.3) is 8.32 Å². The molecule has 2 rings (SSSR count). The molecule has 0 spiro atoms. The molecular weight excluding hydrogens is 394 g/mol. The highest BCUT2D eigenvalue weighted by atomic mass is 28.4. The Morgan fingerprint density at radius 3 is 2.23 bits per heavy atom. The van der Waals surface area contributed by atoms with Crippen LogP contribution in [-0.4, -0.2) is 32.9 Å². The molecule has 0 aliphatic carbocycles. The fraction of sp³-hybridized carbons (Fsp3) is 0.786. The fourth-order valence-corrected chi connectivity index (χ4v) is 11.4. The van der Waals surface area contributed by atoms with Crippen molar-refractivity contribution in [1.29, 1.82) is 0 Å². The van der Waals surface area contributed by atoms with Crippen LogP contribution in [0.15, 0.2) is 24.3 Å². The SMILES string of the molecule is CCCCCCN1CCC(C)(c2cccc(O[Si](C(C)C)(C(C)C)C(C)C)c2)C(C)C1. The summed E-state index contributed by atoms with van der Waals surface area (Å²) >= 11 is 0. The minimum Gasteiger partial charge on any atom is -0.543 e. The molecule has 0 saturated carbocycles. The molecule has 1 aliphatic rings. The van der Waals surface area contributed by atoms with Crippen LogP contribution in [0.1, 0.15) is 100.0 Å². The number of hydrogen-bond donors (Lipinski definition) is 0. The third-order valence-corrected chi connectivity index (χ3v) is 14.4. The Balaban J connectivity index is 2.17. The highest BCUT2D eigenvalue weighted by Crippen LogP contribution is 2.44. The van der Waals surface area contributed by atoms with Gasteiger partial charge in [-0.2, -0.15) is 0 Å². The zero-order valence-corrected chi connectivity index (χ0v) is 23.1. The van der Waals surface area contributed by atoms with Crippen molar-refractivity contribution >= 4 is 8.32 Å². The van der Waals surface area contributed by atoms with Crippen molar-refractivity contribution in [2.24, 2.45) is 5.92 Å². The van der Waals surface area contributed by atoms with Gasteiger partial charge in [-0.3, -0.25) is 0 Å². The van der Waals surface area contributed by atoms with Gasteiger partial charge in [0.05, 0.1) is 0 Å². The highest BCUT2D eigenvalue weighted by molar-refractivity contribution is 6.78. The third kappa shape index (κ3) is 5.96.